The van der Waals surface area contributed by atoms with Crippen LogP contribution in [0.2, 0.25) is 10.0 Å². The maximum absolute atomic E-state index is 12.3. The lowest BCUT2D eigenvalue weighted by Gasteiger charge is -2.39. The molecule has 0 aromatic heterocycles. The molecule has 0 aliphatic carbocycles. The fourth-order valence-corrected chi connectivity index (χ4v) is 3.07. The molecule has 110 valence electrons. The van der Waals surface area contributed by atoms with Crippen molar-refractivity contribution >= 4 is 29.1 Å². The van der Waals surface area contributed by atoms with Crippen LogP contribution in [0.3, 0.4) is 0 Å². The minimum atomic E-state index is -0.00522. The summed E-state index contributed by atoms with van der Waals surface area (Å²) in [5.74, 6) is 0.450. The molecule has 1 heterocycles. The van der Waals surface area contributed by atoms with Gasteiger partial charge in [0, 0.05) is 12.1 Å². The number of rotatable bonds is 3. The smallest absolute Gasteiger partial charge is 0.260 e. The minimum Gasteiger partial charge on any atom is -0.482 e. The van der Waals surface area contributed by atoms with E-state index in [1.165, 1.54) is 6.42 Å². The van der Waals surface area contributed by atoms with E-state index in [-0.39, 0.29) is 24.6 Å². The Kier molecular flexibility index (Phi) is 5.17. The molecule has 0 spiro atoms. The van der Waals surface area contributed by atoms with E-state index in [0.29, 0.717) is 15.8 Å². The number of hydrogen-bond donors (Lipinski definition) is 0. The Labute approximate surface area is 129 Å². The first-order chi connectivity index (χ1) is 9.50. The Balaban J connectivity index is 1.99. The lowest BCUT2D eigenvalue weighted by molar-refractivity contribution is -0.139. The molecule has 1 aliphatic heterocycles. The maximum atomic E-state index is 12.3. The van der Waals surface area contributed by atoms with Crippen molar-refractivity contribution in [3.63, 3.8) is 0 Å². The van der Waals surface area contributed by atoms with Gasteiger partial charge in [-0.2, -0.15) is 0 Å². The van der Waals surface area contributed by atoms with Crippen molar-refractivity contribution in [3.05, 3.63) is 28.2 Å². The molecular weight excluding hydrogens is 297 g/mol. The standard InChI is InChI=1S/C15H19Cl2NO2/c1-10-5-3-6-11(2)18(10)14(19)9-20-13-8-4-7-12(16)15(13)17/h4,7-8,10-11H,3,5-6,9H2,1-2H3. The summed E-state index contributed by atoms with van der Waals surface area (Å²) >= 11 is 12.0. The number of ether oxygens (including phenoxy) is 1. The number of hydrogen-bond acceptors (Lipinski definition) is 2. The van der Waals surface area contributed by atoms with E-state index in [1.54, 1.807) is 18.2 Å². The van der Waals surface area contributed by atoms with Crippen molar-refractivity contribution in [1.82, 2.24) is 4.90 Å². The highest BCUT2D eigenvalue weighted by Gasteiger charge is 2.29. The molecule has 2 rings (SSSR count). The molecular formula is C15H19Cl2NO2. The Morgan fingerprint density at radius 1 is 1.30 bits per heavy atom. The van der Waals surface area contributed by atoms with Gasteiger partial charge in [-0.15, -0.1) is 0 Å². The van der Waals surface area contributed by atoms with E-state index in [1.807, 2.05) is 4.90 Å². The Hall–Kier alpha value is -0.930. The minimum absolute atomic E-state index is 0.000687. The highest BCUT2D eigenvalue weighted by molar-refractivity contribution is 6.42. The number of halogens is 2. The van der Waals surface area contributed by atoms with Crippen molar-refractivity contribution in [1.29, 1.82) is 0 Å². The Morgan fingerprint density at radius 2 is 1.95 bits per heavy atom. The first-order valence-corrected chi connectivity index (χ1v) is 7.64. The quantitative estimate of drug-likeness (QED) is 0.838. The predicted molar refractivity (Wildman–Crippen MR) is 81.6 cm³/mol. The zero-order valence-corrected chi connectivity index (χ0v) is 13.2. The average molecular weight is 316 g/mol. The molecule has 20 heavy (non-hydrogen) atoms. The van der Waals surface area contributed by atoms with Crippen LogP contribution in [0.15, 0.2) is 18.2 Å². The molecule has 1 fully saturated rings. The number of likely N-dealkylation sites (tertiary alicyclic amines) is 1. The maximum Gasteiger partial charge on any atom is 0.260 e. The summed E-state index contributed by atoms with van der Waals surface area (Å²) in [5, 5.41) is 0.776. The Morgan fingerprint density at radius 3 is 2.60 bits per heavy atom. The summed E-state index contributed by atoms with van der Waals surface area (Å²) in [5.41, 5.74) is 0. The molecule has 1 aliphatic rings. The van der Waals surface area contributed by atoms with Gasteiger partial charge in [0.2, 0.25) is 0 Å². The third-order valence-electron chi connectivity index (χ3n) is 3.75. The van der Waals surface area contributed by atoms with Gasteiger partial charge in [0.1, 0.15) is 10.8 Å². The molecule has 1 aromatic rings. The van der Waals surface area contributed by atoms with Crippen molar-refractivity contribution in [2.24, 2.45) is 0 Å². The number of piperidine rings is 1. The topological polar surface area (TPSA) is 29.5 Å². The zero-order valence-electron chi connectivity index (χ0n) is 11.7. The number of amides is 1. The second-order valence-corrected chi connectivity index (χ2v) is 6.06. The second kappa shape index (κ2) is 6.68. The van der Waals surface area contributed by atoms with Crippen LogP contribution in [0.5, 0.6) is 5.75 Å². The first-order valence-electron chi connectivity index (χ1n) is 6.88. The van der Waals surface area contributed by atoms with E-state index in [4.69, 9.17) is 27.9 Å². The molecule has 0 radical (unpaired) electrons. The lowest BCUT2D eigenvalue weighted by atomic mass is 9.97. The summed E-state index contributed by atoms with van der Waals surface area (Å²) < 4.78 is 5.52. The van der Waals surface area contributed by atoms with Crippen molar-refractivity contribution in [2.45, 2.75) is 45.2 Å². The largest absolute Gasteiger partial charge is 0.482 e. The van der Waals surface area contributed by atoms with Crippen molar-refractivity contribution in [3.8, 4) is 5.75 Å². The third-order valence-corrected chi connectivity index (χ3v) is 4.55. The number of benzene rings is 1. The van der Waals surface area contributed by atoms with Crippen molar-refractivity contribution < 1.29 is 9.53 Å². The molecule has 2 atom stereocenters. The van der Waals surface area contributed by atoms with Crippen LogP contribution in [0.1, 0.15) is 33.1 Å². The van der Waals surface area contributed by atoms with E-state index in [9.17, 15) is 4.79 Å². The SMILES string of the molecule is CC1CCCC(C)N1C(=O)COc1cccc(Cl)c1Cl. The summed E-state index contributed by atoms with van der Waals surface area (Å²) in [7, 11) is 0. The van der Waals surface area contributed by atoms with E-state index >= 15 is 0 Å². The van der Waals surface area contributed by atoms with E-state index < -0.39 is 0 Å². The molecule has 5 heteroatoms. The normalized spacial score (nSPS) is 22.7. The van der Waals surface area contributed by atoms with Gasteiger partial charge in [-0.1, -0.05) is 29.3 Å². The van der Waals surface area contributed by atoms with Gasteiger partial charge in [-0.25, -0.2) is 0 Å². The average Bonchev–Trinajstić information content (AvgIpc) is 2.40. The molecule has 1 saturated heterocycles. The molecule has 1 aromatic carbocycles. The van der Waals surface area contributed by atoms with Gasteiger partial charge in [-0.05, 0) is 45.2 Å². The van der Waals surface area contributed by atoms with Gasteiger partial charge in [-0.3, -0.25) is 4.79 Å². The van der Waals surface area contributed by atoms with Gasteiger partial charge >= 0.3 is 0 Å². The predicted octanol–water partition coefficient (Wildman–Crippen LogP) is 4.16. The van der Waals surface area contributed by atoms with Crippen molar-refractivity contribution in [2.75, 3.05) is 6.61 Å². The number of nitrogens with zero attached hydrogens (tertiary/aromatic N) is 1. The second-order valence-electron chi connectivity index (χ2n) is 5.27. The summed E-state index contributed by atoms with van der Waals surface area (Å²) in [6, 6.07) is 5.69. The molecule has 0 N–H and O–H groups in total. The van der Waals surface area contributed by atoms with Gasteiger partial charge < -0.3 is 9.64 Å². The number of carbonyl (C=O) groups is 1. The molecule has 3 nitrogen and oxygen atoms in total. The fraction of sp³-hybridized carbons (Fsp3) is 0.533. The summed E-state index contributed by atoms with van der Waals surface area (Å²) in [6.07, 6.45) is 3.27. The molecule has 2 unspecified atom stereocenters. The van der Waals surface area contributed by atoms with Crippen LogP contribution >= 0.6 is 23.2 Å². The number of carbonyl (C=O) groups excluding carboxylic acids is 1. The Bertz CT molecular complexity index is 483. The highest BCUT2D eigenvalue weighted by atomic mass is 35.5. The summed E-state index contributed by atoms with van der Waals surface area (Å²) in [6.45, 7) is 4.16. The highest BCUT2D eigenvalue weighted by Crippen LogP contribution is 2.31. The molecule has 0 saturated carbocycles. The van der Waals surface area contributed by atoms with Crippen LogP contribution in [-0.2, 0) is 4.79 Å². The summed E-state index contributed by atoms with van der Waals surface area (Å²) in [4.78, 5) is 14.2. The molecule has 1 amide bonds. The van der Waals surface area contributed by atoms with E-state index in [2.05, 4.69) is 13.8 Å². The van der Waals surface area contributed by atoms with E-state index in [0.717, 1.165) is 12.8 Å². The van der Waals surface area contributed by atoms with Crippen LogP contribution in [-0.4, -0.2) is 29.5 Å². The van der Waals surface area contributed by atoms with Crippen LogP contribution < -0.4 is 4.74 Å². The van der Waals surface area contributed by atoms with Gasteiger partial charge in [0.25, 0.3) is 5.91 Å². The van der Waals surface area contributed by atoms with Gasteiger partial charge in [0.05, 0.1) is 5.02 Å². The third kappa shape index (κ3) is 3.39. The molecule has 0 bridgehead atoms. The first kappa shape index (κ1) is 15.5. The fourth-order valence-electron chi connectivity index (χ4n) is 2.72. The monoisotopic (exact) mass is 315 g/mol. The lowest BCUT2D eigenvalue weighted by Crippen LogP contribution is -2.49. The van der Waals surface area contributed by atoms with Crippen LogP contribution in [0, 0.1) is 0 Å². The van der Waals surface area contributed by atoms with Crippen LogP contribution in [0.4, 0.5) is 0 Å². The van der Waals surface area contributed by atoms with Gasteiger partial charge in [0.15, 0.2) is 6.61 Å². The van der Waals surface area contributed by atoms with Crippen LogP contribution in [0.25, 0.3) is 0 Å². The zero-order chi connectivity index (χ0) is 14.7.